The molecule has 1 aromatic rings. The van der Waals surface area contributed by atoms with Crippen LogP contribution in [0.2, 0.25) is 0 Å². The molecule has 1 aromatic carbocycles. The number of carboxylic acids is 1. The van der Waals surface area contributed by atoms with Gasteiger partial charge in [-0.05, 0) is 30.7 Å². The highest BCUT2D eigenvalue weighted by Gasteiger charge is 2.27. The number of urea groups is 1. The average molecular weight is 304 g/mol. The maximum absolute atomic E-state index is 11.6. The molecule has 0 saturated carbocycles. The van der Waals surface area contributed by atoms with E-state index in [-0.39, 0.29) is 5.57 Å². The topological polar surface area (TPSA) is 122 Å². The molecule has 3 N–H and O–H groups in total. The second kappa shape index (κ2) is 6.08. The van der Waals surface area contributed by atoms with Crippen molar-refractivity contribution in [2.24, 2.45) is 0 Å². The summed E-state index contributed by atoms with van der Waals surface area (Å²) in [5.74, 6) is -2.32. The Bertz CT molecular complexity index is 655. The number of hydrogen-bond donors (Lipinski definition) is 3. The Balaban J connectivity index is 2.15. The van der Waals surface area contributed by atoms with Gasteiger partial charge in [0, 0.05) is 0 Å². The maximum atomic E-state index is 11.6. The van der Waals surface area contributed by atoms with Crippen LogP contribution in [0.3, 0.4) is 0 Å². The van der Waals surface area contributed by atoms with Crippen LogP contribution >= 0.6 is 0 Å². The lowest BCUT2D eigenvalue weighted by atomic mass is 10.1. The van der Waals surface area contributed by atoms with Gasteiger partial charge in [0.2, 0.25) is 0 Å². The fourth-order valence-corrected chi connectivity index (χ4v) is 1.67. The summed E-state index contributed by atoms with van der Waals surface area (Å²) < 4.78 is 5.15. The number of nitrogens with one attached hydrogen (secondary N) is 2. The zero-order chi connectivity index (χ0) is 16.3. The first-order valence-corrected chi connectivity index (χ1v) is 6.24. The van der Waals surface area contributed by atoms with Crippen LogP contribution in [-0.4, -0.2) is 35.0 Å². The zero-order valence-electron chi connectivity index (χ0n) is 11.5. The first-order valence-electron chi connectivity index (χ1n) is 6.24. The van der Waals surface area contributed by atoms with Crippen LogP contribution in [-0.2, 0) is 14.4 Å². The summed E-state index contributed by atoms with van der Waals surface area (Å²) in [6.07, 6.45) is 0.312. The van der Waals surface area contributed by atoms with Crippen LogP contribution in [0.5, 0.6) is 5.75 Å². The standard InChI is InChI=1S/C14H12N2O6/c1-7(13(19)20)22-9-4-2-8(3-5-9)6-10-11(17)15-14(21)16-12(10)18/h2-7H,1H3,(H,19,20)(H2,15,16,17,18,21)/t7-/m1/s1. The molecule has 0 aliphatic carbocycles. The van der Waals surface area contributed by atoms with Gasteiger partial charge in [-0.1, -0.05) is 12.1 Å². The van der Waals surface area contributed by atoms with Gasteiger partial charge >= 0.3 is 12.0 Å². The van der Waals surface area contributed by atoms with Gasteiger partial charge in [0.25, 0.3) is 11.8 Å². The van der Waals surface area contributed by atoms with Crippen molar-refractivity contribution in [3.05, 3.63) is 35.4 Å². The third kappa shape index (κ3) is 3.48. The van der Waals surface area contributed by atoms with Crippen LogP contribution in [0.1, 0.15) is 12.5 Å². The van der Waals surface area contributed by atoms with E-state index in [1.807, 2.05) is 10.6 Å². The lowest BCUT2D eigenvalue weighted by Crippen LogP contribution is -2.51. The lowest BCUT2D eigenvalue weighted by molar-refractivity contribution is -0.144. The Labute approximate surface area is 124 Å². The van der Waals surface area contributed by atoms with E-state index in [9.17, 15) is 19.2 Å². The van der Waals surface area contributed by atoms with Gasteiger partial charge in [0.05, 0.1) is 0 Å². The van der Waals surface area contributed by atoms with E-state index in [2.05, 4.69) is 0 Å². The molecule has 1 fully saturated rings. The Morgan fingerprint density at radius 3 is 2.18 bits per heavy atom. The minimum atomic E-state index is -1.09. The molecule has 114 valence electrons. The quantitative estimate of drug-likeness (QED) is 0.543. The minimum absolute atomic E-state index is 0.202. The monoisotopic (exact) mass is 304 g/mol. The zero-order valence-corrected chi connectivity index (χ0v) is 11.5. The number of ether oxygens (including phenoxy) is 1. The Hall–Kier alpha value is -3.16. The number of rotatable bonds is 4. The third-order valence-electron chi connectivity index (χ3n) is 2.80. The summed E-state index contributed by atoms with van der Waals surface area (Å²) in [5, 5.41) is 12.7. The number of benzene rings is 1. The summed E-state index contributed by atoms with van der Waals surface area (Å²) in [6, 6.07) is 5.26. The molecule has 1 aliphatic heterocycles. The molecule has 8 nitrogen and oxygen atoms in total. The summed E-state index contributed by atoms with van der Waals surface area (Å²) >= 11 is 0. The van der Waals surface area contributed by atoms with Crippen molar-refractivity contribution in [3.63, 3.8) is 0 Å². The van der Waals surface area contributed by atoms with E-state index in [4.69, 9.17) is 9.84 Å². The lowest BCUT2D eigenvalue weighted by Gasteiger charge is -2.14. The van der Waals surface area contributed by atoms with Gasteiger partial charge < -0.3 is 9.84 Å². The number of barbiturate groups is 1. The number of amides is 4. The molecule has 0 aromatic heterocycles. The molecule has 1 atom stereocenters. The predicted molar refractivity (Wildman–Crippen MR) is 73.8 cm³/mol. The number of carboxylic acid groups (broad SMARTS) is 1. The molecular formula is C14H12N2O6. The summed E-state index contributed by atoms with van der Waals surface area (Å²) in [4.78, 5) is 44.7. The average Bonchev–Trinajstić information content (AvgIpc) is 2.44. The van der Waals surface area contributed by atoms with Crippen LogP contribution in [0.15, 0.2) is 29.8 Å². The first kappa shape index (κ1) is 15.2. The Morgan fingerprint density at radius 1 is 1.14 bits per heavy atom. The fourth-order valence-electron chi connectivity index (χ4n) is 1.67. The third-order valence-corrected chi connectivity index (χ3v) is 2.80. The first-order chi connectivity index (χ1) is 10.4. The van der Waals surface area contributed by atoms with Crippen LogP contribution in [0.4, 0.5) is 4.79 Å². The molecule has 8 heteroatoms. The number of imide groups is 2. The van der Waals surface area contributed by atoms with E-state index in [1.54, 1.807) is 12.1 Å². The van der Waals surface area contributed by atoms with Crippen LogP contribution < -0.4 is 15.4 Å². The minimum Gasteiger partial charge on any atom is -0.479 e. The van der Waals surface area contributed by atoms with Crippen molar-refractivity contribution >= 4 is 29.9 Å². The molecule has 22 heavy (non-hydrogen) atoms. The summed E-state index contributed by atoms with van der Waals surface area (Å²) in [5.41, 5.74) is 0.317. The molecule has 4 amide bonds. The molecule has 0 radical (unpaired) electrons. The second-order valence-corrected chi connectivity index (χ2v) is 4.46. The molecule has 0 bridgehead atoms. The normalized spacial score (nSPS) is 15.7. The van der Waals surface area contributed by atoms with Crippen molar-refractivity contribution in [2.45, 2.75) is 13.0 Å². The second-order valence-electron chi connectivity index (χ2n) is 4.46. The van der Waals surface area contributed by atoms with Gasteiger partial charge in [0.1, 0.15) is 11.3 Å². The van der Waals surface area contributed by atoms with Crippen LogP contribution in [0.25, 0.3) is 6.08 Å². The van der Waals surface area contributed by atoms with E-state index in [0.29, 0.717) is 11.3 Å². The van der Waals surface area contributed by atoms with Gasteiger partial charge in [-0.3, -0.25) is 20.2 Å². The van der Waals surface area contributed by atoms with Gasteiger partial charge in [-0.15, -0.1) is 0 Å². The van der Waals surface area contributed by atoms with Crippen molar-refractivity contribution in [1.29, 1.82) is 0 Å². The molecule has 0 unspecified atom stereocenters. The van der Waals surface area contributed by atoms with Gasteiger partial charge in [0.15, 0.2) is 6.10 Å². The highest BCUT2D eigenvalue weighted by Crippen LogP contribution is 2.16. The smallest absolute Gasteiger partial charge is 0.344 e. The Morgan fingerprint density at radius 2 is 1.68 bits per heavy atom. The predicted octanol–water partition coefficient (Wildman–Crippen LogP) is 0.288. The van der Waals surface area contributed by atoms with E-state index >= 15 is 0 Å². The van der Waals surface area contributed by atoms with Crippen molar-refractivity contribution < 1.29 is 29.0 Å². The molecule has 0 spiro atoms. The highest BCUT2D eigenvalue weighted by atomic mass is 16.5. The maximum Gasteiger partial charge on any atom is 0.344 e. The van der Waals surface area contributed by atoms with Crippen molar-refractivity contribution in [2.75, 3.05) is 0 Å². The van der Waals surface area contributed by atoms with Crippen molar-refractivity contribution in [3.8, 4) is 5.75 Å². The van der Waals surface area contributed by atoms with E-state index in [1.165, 1.54) is 25.1 Å². The molecule has 2 rings (SSSR count). The molecule has 1 heterocycles. The summed E-state index contributed by atoms with van der Waals surface area (Å²) in [6.45, 7) is 1.39. The molecule has 1 saturated heterocycles. The Kier molecular flexibility index (Phi) is 4.21. The highest BCUT2D eigenvalue weighted by molar-refractivity contribution is 6.31. The number of carbonyl (C=O) groups is 4. The SMILES string of the molecule is C[C@@H](Oc1ccc(C=C2C(=O)NC(=O)NC2=O)cc1)C(=O)O. The largest absolute Gasteiger partial charge is 0.479 e. The van der Waals surface area contributed by atoms with E-state index in [0.717, 1.165) is 0 Å². The molecule has 1 aliphatic rings. The van der Waals surface area contributed by atoms with Crippen molar-refractivity contribution in [1.82, 2.24) is 10.6 Å². The van der Waals surface area contributed by atoms with Gasteiger partial charge in [-0.2, -0.15) is 0 Å². The van der Waals surface area contributed by atoms with Crippen LogP contribution in [0, 0.1) is 0 Å². The number of hydrogen-bond acceptors (Lipinski definition) is 5. The summed E-state index contributed by atoms with van der Waals surface area (Å²) in [7, 11) is 0. The fraction of sp³-hybridized carbons (Fsp3) is 0.143. The number of carbonyl (C=O) groups excluding carboxylic acids is 3. The molecular weight excluding hydrogens is 292 g/mol. The van der Waals surface area contributed by atoms with Gasteiger partial charge in [-0.25, -0.2) is 9.59 Å². The van der Waals surface area contributed by atoms with E-state index < -0.39 is 29.9 Å². The number of aliphatic carboxylic acids is 1.